The Bertz CT molecular complexity index is 1730. The minimum Gasteiger partial charge on any atom is -0.493 e. The second kappa shape index (κ2) is 13.7. The molecule has 1 fully saturated rings. The highest BCUT2D eigenvalue weighted by Gasteiger charge is 2.31. The summed E-state index contributed by atoms with van der Waals surface area (Å²) >= 11 is 5.89. The highest BCUT2D eigenvalue weighted by molar-refractivity contribution is 7.92. The Morgan fingerprint density at radius 3 is 1.98 bits per heavy atom. The van der Waals surface area contributed by atoms with E-state index in [1.807, 2.05) is 0 Å². The molecule has 3 aromatic rings. The van der Waals surface area contributed by atoms with Gasteiger partial charge in [-0.1, -0.05) is 11.6 Å². The second-order valence-electron chi connectivity index (χ2n) is 9.38. The van der Waals surface area contributed by atoms with Crippen molar-refractivity contribution in [3.63, 3.8) is 0 Å². The number of sulfonamides is 2. The second-order valence-corrected chi connectivity index (χ2v) is 13.4. The van der Waals surface area contributed by atoms with Crippen LogP contribution in [0.25, 0.3) is 0 Å². The third kappa shape index (κ3) is 7.35. The van der Waals surface area contributed by atoms with E-state index < -0.39 is 32.0 Å². The number of methoxy groups -OCH3 is 2. The van der Waals surface area contributed by atoms with Crippen LogP contribution in [-0.2, 0) is 24.8 Å². The first kappa shape index (κ1) is 32.9. The SMILES string of the molecule is CCOC(=O)N1CCN(S(=O)(=O)c2ccc(NC(=O)c3cc(OC)c(OC)cc3NS(=O)(=O)c3ccc(Cl)cc3)cc2)CC1. The van der Waals surface area contributed by atoms with Gasteiger partial charge in [-0.3, -0.25) is 9.52 Å². The van der Waals surface area contributed by atoms with Crippen molar-refractivity contribution >= 4 is 55.0 Å². The number of nitrogens with zero attached hydrogens (tertiary/aromatic N) is 2. The quantitative estimate of drug-likeness (QED) is 0.327. The molecule has 0 bridgehead atoms. The third-order valence-corrected chi connectivity index (χ3v) is 10.2. The van der Waals surface area contributed by atoms with Crippen molar-refractivity contribution in [3.05, 3.63) is 71.2 Å². The average Bonchev–Trinajstić information content (AvgIpc) is 3.01. The van der Waals surface area contributed by atoms with Gasteiger partial charge in [0.2, 0.25) is 10.0 Å². The number of halogens is 1. The van der Waals surface area contributed by atoms with E-state index in [9.17, 15) is 26.4 Å². The van der Waals surface area contributed by atoms with Crippen molar-refractivity contribution in [1.82, 2.24) is 9.21 Å². The van der Waals surface area contributed by atoms with Crippen molar-refractivity contribution < 1.29 is 40.6 Å². The van der Waals surface area contributed by atoms with Crippen LogP contribution in [0.15, 0.2) is 70.5 Å². The van der Waals surface area contributed by atoms with E-state index in [1.54, 1.807) is 6.92 Å². The van der Waals surface area contributed by atoms with Gasteiger partial charge in [0.25, 0.3) is 15.9 Å². The minimum atomic E-state index is -4.13. The summed E-state index contributed by atoms with van der Waals surface area (Å²) in [7, 11) is -5.27. The van der Waals surface area contributed by atoms with Gasteiger partial charge < -0.3 is 24.4 Å². The number of hydrogen-bond donors (Lipinski definition) is 2. The molecule has 44 heavy (non-hydrogen) atoms. The number of amides is 2. The summed E-state index contributed by atoms with van der Waals surface area (Å²) in [6.07, 6.45) is -0.486. The largest absolute Gasteiger partial charge is 0.493 e. The smallest absolute Gasteiger partial charge is 0.409 e. The molecule has 2 amide bonds. The summed E-state index contributed by atoms with van der Waals surface area (Å²) in [5.41, 5.74) is 0.0787. The lowest BCUT2D eigenvalue weighted by Gasteiger charge is -2.33. The number of anilines is 2. The zero-order valence-electron chi connectivity index (χ0n) is 24.1. The molecule has 1 heterocycles. The lowest BCUT2D eigenvalue weighted by Crippen LogP contribution is -2.50. The van der Waals surface area contributed by atoms with Crippen LogP contribution in [-0.4, -0.2) is 85.0 Å². The highest BCUT2D eigenvalue weighted by atomic mass is 35.5. The number of benzene rings is 3. The van der Waals surface area contributed by atoms with Crippen LogP contribution in [0.2, 0.25) is 5.02 Å². The molecule has 0 saturated carbocycles. The molecule has 1 saturated heterocycles. The lowest BCUT2D eigenvalue weighted by atomic mass is 10.1. The molecule has 0 aromatic heterocycles. The van der Waals surface area contributed by atoms with Gasteiger partial charge in [-0.05, 0) is 61.5 Å². The number of piperazine rings is 1. The third-order valence-electron chi connectivity index (χ3n) is 6.65. The molecule has 3 aromatic carbocycles. The monoisotopic (exact) mass is 666 g/mol. The molecule has 0 aliphatic carbocycles. The Kier molecular flexibility index (Phi) is 10.2. The predicted molar refractivity (Wildman–Crippen MR) is 164 cm³/mol. The molecule has 1 aliphatic heterocycles. The van der Waals surface area contributed by atoms with Crippen LogP contribution >= 0.6 is 11.6 Å². The van der Waals surface area contributed by atoms with E-state index in [0.717, 1.165) is 0 Å². The van der Waals surface area contributed by atoms with Crippen LogP contribution in [0.5, 0.6) is 11.5 Å². The first-order valence-corrected chi connectivity index (χ1v) is 16.6. The van der Waals surface area contributed by atoms with E-state index in [4.69, 9.17) is 25.8 Å². The molecule has 0 spiro atoms. The maximum atomic E-state index is 13.4. The molecule has 0 atom stereocenters. The van der Waals surface area contributed by atoms with Gasteiger partial charge in [-0.25, -0.2) is 21.6 Å². The number of carbonyl (C=O) groups excluding carboxylic acids is 2. The fourth-order valence-corrected chi connectivity index (χ4v) is 6.97. The van der Waals surface area contributed by atoms with Crippen LogP contribution in [0, 0.1) is 0 Å². The normalized spacial score (nSPS) is 14.0. The molecule has 13 nitrogen and oxygen atoms in total. The Hall–Kier alpha value is -4.05. The highest BCUT2D eigenvalue weighted by Crippen LogP contribution is 2.35. The van der Waals surface area contributed by atoms with Crippen LogP contribution in [0.1, 0.15) is 17.3 Å². The average molecular weight is 667 g/mol. The molecule has 0 radical (unpaired) electrons. The summed E-state index contributed by atoms with van der Waals surface area (Å²) in [6.45, 7) is 2.53. The molecular formula is C28H31ClN4O9S2. The summed E-state index contributed by atoms with van der Waals surface area (Å²) < 4.78 is 71.9. The van der Waals surface area contributed by atoms with E-state index in [0.29, 0.717) is 5.02 Å². The van der Waals surface area contributed by atoms with E-state index in [-0.39, 0.29) is 71.0 Å². The van der Waals surface area contributed by atoms with Gasteiger partial charge >= 0.3 is 6.09 Å². The van der Waals surface area contributed by atoms with Crippen molar-refractivity contribution in [2.24, 2.45) is 0 Å². The number of hydrogen-bond acceptors (Lipinski definition) is 9. The van der Waals surface area contributed by atoms with Gasteiger partial charge in [0.05, 0.1) is 41.9 Å². The molecule has 16 heteroatoms. The topological polar surface area (TPSA) is 161 Å². The van der Waals surface area contributed by atoms with E-state index in [1.165, 1.54) is 84.1 Å². The van der Waals surface area contributed by atoms with Gasteiger partial charge in [-0.15, -0.1) is 0 Å². The predicted octanol–water partition coefficient (Wildman–Crippen LogP) is 3.87. The van der Waals surface area contributed by atoms with Crippen molar-refractivity contribution in [2.75, 3.05) is 57.0 Å². The fourth-order valence-electron chi connectivity index (χ4n) is 4.35. The molecule has 0 unspecified atom stereocenters. The number of carbonyl (C=O) groups is 2. The maximum Gasteiger partial charge on any atom is 0.409 e. The Balaban J connectivity index is 1.53. The zero-order chi connectivity index (χ0) is 32.1. The number of nitrogens with one attached hydrogen (secondary N) is 2. The molecule has 236 valence electrons. The number of ether oxygens (including phenoxy) is 3. The number of rotatable bonds is 10. The van der Waals surface area contributed by atoms with Gasteiger partial charge in [0, 0.05) is 43.0 Å². The molecule has 4 rings (SSSR count). The van der Waals surface area contributed by atoms with Crippen LogP contribution < -0.4 is 19.5 Å². The zero-order valence-corrected chi connectivity index (χ0v) is 26.5. The molecular weight excluding hydrogens is 636 g/mol. The summed E-state index contributed by atoms with van der Waals surface area (Å²) in [5.74, 6) is -0.349. The van der Waals surface area contributed by atoms with Crippen LogP contribution in [0.3, 0.4) is 0 Å². The molecule has 2 N–H and O–H groups in total. The Labute approximate surface area is 260 Å². The van der Waals surface area contributed by atoms with Crippen molar-refractivity contribution in [3.8, 4) is 11.5 Å². The van der Waals surface area contributed by atoms with Gasteiger partial charge in [0.1, 0.15) is 0 Å². The van der Waals surface area contributed by atoms with Crippen molar-refractivity contribution in [2.45, 2.75) is 16.7 Å². The first-order valence-electron chi connectivity index (χ1n) is 13.3. The molecule has 1 aliphatic rings. The first-order chi connectivity index (χ1) is 20.9. The summed E-state index contributed by atoms with van der Waals surface area (Å²) in [6, 6.07) is 13.7. The Morgan fingerprint density at radius 2 is 1.41 bits per heavy atom. The summed E-state index contributed by atoms with van der Waals surface area (Å²) in [4.78, 5) is 26.7. The van der Waals surface area contributed by atoms with Crippen molar-refractivity contribution in [1.29, 1.82) is 0 Å². The van der Waals surface area contributed by atoms with E-state index in [2.05, 4.69) is 10.0 Å². The maximum absolute atomic E-state index is 13.4. The fraction of sp³-hybridized carbons (Fsp3) is 0.286. The lowest BCUT2D eigenvalue weighted by molar-refractivity contribution is 0.0933. The van der Waals surface area contributed by atoms with Gasteiger partial charge in [-0.2, -0.15) is 4.31 Å². The standard InChI is InChI=1S/C28H31ClN4O9S2/c1-4-42-28(35)32-13-15-33(16-14-32)44(38,39)22-11-7-20(8-12-22)30-27(34)23-17-25(40-2)26(41-3)18-24(23)31-43(36,37)21-9-5-19(29)6-10-21/h5-12,17-18,31H,4,13-16H2,1-3H3,(H,30,34). The van der Waals surface area contributed by atoms with Gasteiger partial charge in [0.15, 0.2) is 11.5 Å². The van der Waals surface area contributed by atoms with Crippen LogP contribution in [0.4, 0.5) is 16.2 Å². The van der Waals surface area contributed by atoms with E-state index >= 15 is 0 Å². The Morgan fingerprint density at radius 1 is 0.841 bits per heavy atom. The minimum absolute atomic E-state index is 0.00242. The summed E-state index contributed by atoms with van der Waals surface area (Å²) in [5, 5.41) is 3.01.